The van der Waals surface area contributed by atoms with Crippen LogP contribution in [0.1, 0.15) is 11.6 Å². The third-order valence-corrected chi connectivity index (χ3v) is 4.45. The summed E-state index contributed by atoms with van der Waals surface area (Å²) in [7, 11) is 1.49. The molecule has 22 heavy (non-hydrogen) atoms. The molecule has 2 aliphatic heterocycles. The first-order chi connectivity index (χ1) is 10.4. The summed E-state index contributed by atoms with van der Waals surface area (Å²) in [6, 6.07) is 2.50. The molecule has 3 N–H and O–H groups in total. The van der Waals surface area contributed by atoms with Crippen molar-refractivity contribution in [1.29, 1.82) is 0 Å². The van der Waals surface area contributed by atoms with E-state index in [1.54, 1.807) is 0 Å². The Hall–Kier alpha value is -2.16. The van der Waals surface area contributed by atoms with E-state index in [1.165, 1.54) is 30.1 Å². The SMILES string of the molecule is CN1C(=O)NC(=O)C2C(c3ccc(F)c(Br)c3)NC(=O)NC21. The number of nitrogens with one attached hydrogen (secondary N) is 3. The van der Waals surface area contributed by atoms with Crippen molar-refractivity contribution in [2.75, 3.05) is 7.05 Å². The first-order valence-electron chi connectivity index (χ1n) is 6.48. The van der Waals surface area contributed by atoms with Gasteiger partial charge < -0.3 is 15.5 Å². The van der Waals surface area contributed by atoms with Crippen molar-refractivity contribution < 1.29 is 18.8 Å². The maximum atomic E-state index is 13.4. The second-order valence-electron chi connectivity index (χ2n) is 5.14. The number of carbonyl (C=O) groups excluding carboxylic acids is 3. The first kappa shape index (κ1) is 14.8. The molecule has 3 unspecified atom stereocenters. The Labute approximate surface area is 133 Å². The molecule has 0 radical (unpaired) electrons. The topological polar surface area (TPSA) is 90.5 Å². The highest BCUT2D eigenvalue weighted by Crippen LogP contribution is 2.33. The van der Waals surface area contributed by atoms with Gasteiger partial charge in [-0.3, -0.25) is 10.1 Å². The van der Waals surface area contributed by atoms with Gasteiger partial charge in [0.1, 0.15) is 17.9 Å². The number of halogens is 2. The monoisotopic (exact) mass is 370 g/mol. The molecule has 0 bridgehead atoms. The van der Waals surface area contributed by atoms with Gasteiger partial charge in [-0.05, 0) is 33.6 Å². The van der Waals surface area contributed by atoms with Crippen LogP contribution >= 0.6 is 15.9 Å². The number of benzene rings is 1. The van der Waals surface area contributed by atoms with E-state index < -0.39 is 41.9 Å². The Morgan fingerprint density at radius 3 is 2.64 bits per heavy atom. The lowest BCUT2D eigenvalue weighted by atomic mass is 9.86. The fraction of sp³-hybridized carbons (Fsp3) is 0.308. The summed E-state index contributed by atoms with van der Waals surface area (Å²) >= 11 is 3.08. The van der Waals surface area contributed by atoms with Gasteiger partial charge in [-0.25, -0.2) is 14.0 Å². The maximum absolute atomic E-state index is 13.4. The van der Waals surface area contributed by atoms with Crippen LogP contribution in [0, 0.1) is 11.7 Å². The lowest BCUT2D eigenvalue weighted by Crippen LogP contribution is -2.71. The third-order valence-electron chi connectivity index (χ3n) is 3.84. The third kappa shape index (κ3) is 2.31. The van der Waals surface area contributed by atoms with Gasteiger partial charge in [-0.15, -0.1) is 0 Å². The van der Waals surface area contributed by atoms with Crippen LogP contribution in [0.3, 0.4) is 0 Å². The smallest absolute Gasteiger partial charge is 0.325 e. The average molecular weight is 371 g/mol. The van der Waals surface area contributed by atoms with Crippen LogP contribution in [-0.4, -0.2) is 36.1 Å². The van der Waals surface area contributed by atoms with Crippen LogP contribution in [0.2, 0.25) is 0 Å². The normalized spacial score (nSPS) is 27.7. The standard InChI is InChI=1S/C13H12BrFN4O3/c1-19-10-8(11(20)18-13(19)22)9(16-12(21)17-10)5-2-3-7(15)6(14)4-5/h2-4,8-10H,1H3,(H2,16,17,21)(H,18,20,22). The van der Waals surface area contributed by atoms with Crippen LogP contribution in [0.25, 0.3) is 0 Å². The quantitative estimate of drug-likeness (QED) is 0.690. The van der Waals surface area contributed by atoms with Crippen molar-refractivity contribution in [3.05, 3.63) is 34.1 Å². The Bertz CT molecular complexity index is 683. The fourth-order valence-electron chi connectivity index (χ4n) is 2.71. The van der Waals surface area contributed by atoms with Gasteiger partial charge in [0.15, 0.2) is 0 Å². The van der Waals surface area contributed by atoms with Crippen molar-refractivity contribution in [2.24, 2.45) is 5.92 Å². The molecule has 3 rings (SSSR count). The number of carbonyl (C=O) groups is 3. The van der Waals surface area contributed by atoms with E-state index in [9.17, 15) is 18.8 Å². The Balaban J connectivity index is 2.02. The average Bonchev–Trinajstić information content (AvgIpc) is 2.46. The van der Waals surface area contributed by atoms with E-state index in [4.69, 9.17) is 0 Å². The summed E-state index contributed by atoms with van der Waals surface area (Å²) in [6.07, 6.45) is -0.760. The number of urea groups is 2. The summed E-state index contributed by atoms with van der Waals surface area (Å²) < 4.78 is 13.6. The van der Waals surface area contributed by atoms with Crippen molar-refractivity contribution in [1.82, 2.24) is 20.9 Å². The number of amides is 5. The van der Waals surface area contributed by atoms with Crippen molar-refractivity contribution in [2.45, 2.75) is 12.2 Å². The molecule has 116 valence electrons. The number of fused-ring (bicyclic) bond motifs is 1. The molecule has 1 aromatic rings. The minimum absolute atomic E-state index is 0.231. The molecule has 0 aromatic heterocycles. The highest BCUT2D eigenvalue weighted by molar-refractivity contribution is 9.10. The number of rotatable bonds is 1. The minimum atomic E-state index is -0.760. The van der Waals surface area contributed by atoms with Crippen LogP contribution in [-0.2, 0) is 4.79 Å². The molecule has 5 amide bonds. The van der Waals surface area contributed by atoms with Crippen LogP contribution in [0.15, 0.2) is 22.7 Å². The summed E-state index contributed by atoms with van der Waals surface area (Å²) in [5, 5.41) is 7.46. The van der Waals surface area contributed by atoms with Gasteiger partial charge >= 0.3 is 12.1 Å². The van der Waals surface area contributed by atoms with Crippen LogP contribution in [0.4, 0.5) is 14.0 Å². The molecule has 1 aromatic carbocycles. The predicted molar refractivity (Wildman–Crippen MR) is 77.1 cm³/mol. The fourth-order valence-corrected chi connectivity index (χ4v) is 3.11. The van der Waals surface area contributed by atoms with Gasteiger partial charge in [-0.1, -0.05) is 6.07 Å². The molecule has 9 heteroatoms. The van der Waals surface area contributed by atoms with Crippen molar-refractivity contribution >= 4 is 33.9 Å². The Kier molecular flexibility index (Phi) is 3.51. The molecule has 7 nitrogen and oxygen atoms in total. The Morgan fingerprint density at radius 1 is 1.23 bits per heavy atom. The van der Waals surface area contributed by atoms with Gasteiger partial charge in [0, 0.05) is 7.05 Å². The summed E-state index contributed by atoms with van der Waals surface area (Å²) in [6.45, 7) is 0. The minimum Gasteiger partial charge on any atom is -0.330 e. The van der Waals surface area contributed by atoms with Crippen molar-refractivity contribution in [3.8, 4) is 0 Å². The van der Waals surface area contributed by atoms with Gasteiger partial charge in [0.25, 0.3) is 0 Å². The van der Waals surface area contributed by atoms with Gasteiger partial charge in [0.05, 0.1) is 10.5 Å². The van der Waals surface area contributed by atoms with E-state index in [0.29, 0.717) is 5.56 Å². The number of hydrogen-bond acceptors (Lipinski definition) is 3. The van der Waals surface area contributed by atoms with E-state index in [1.807, 2.05) is 0 Å². The first-order valence-corrected chi connectivity index (χ1v) is 7.27. The lowest BCUT2D eigenvalue weighted by molar-refractivity contribution is -0.130. The van der Waals surface area contributed by atoms with E-state index in [0.717, 1.165) is 0 Å². The van der Waals surface area contributed by atoms with E-state index in [2.05, 4.69) is 31.9 Å². The number of hydrogen-bond donors (Lipinski definition) is 3. The highest BCUT2D eigenvalue weighted by atomic mass is 79.9. The molecule has 2 aliphatic rings. The summed E-state index contributed by atoms with van der Waals surface area (Å²) in [5.74, 6) is -1.66. The van der Waals surface area contributed by atoms with E-state index in [-0.39, 0.29) is 4.47 Å². The van der Waals surface area contributed by atoms with Gasteiger partial charge in [-0.2, -0.15) is 0 Å². The summed E-state index contributed by atoms with van der Waals surface area (Å²) in [4.78, 5) is 37.0. The molecule has 0 aliphatic carbocycles. The Morgan fingerprint density at radius 2 is 1.95 bits per heavy atom. The zero-order valence-corrected chi connectivity index (χ0v) is 13.0. The zero-order valence-electron chi connectivity index (χ0n) is 11.4. The predicted octanol–water partition coefficient (Wildman–Crippen LogP) is 1.07. The van der Waals surface area contributed by atoms with Crippen molar-refractivity contribution in [3.63, 3.8) is 0 Å². The molecule has 2 fully saturated rings. The molecule has 0 saturated carbocycles. The number of nitrogens with zero attached hydrogens (tertiary/aromatic N) is 1. The summed E-state index contributed by atoms with van der Waals surface area (Å²) in [5.41, 5.74) is 0.566. The molecular weight excluding hydrogens is 359 g/mol. The second kappa shape index (κ2) is 5.24. The van der Waals surface area contributed by atoms with Gasteiger partial charge in [0.2, 0.25) is 5.91 Å². The molecule has 3 atom stereocenters. The molecule has 2 saturated heterocycles. The zero-order chi connectivity index (χ0) is 16.0. The number of imide groups is 1. The largest absolute Gasteiger partial charge is 0.330 e. The van der Waals surface area contributed by atoms with Crippen LogP contribution in [0.5, 0.6) is 0 Å². The molecule has 2 heterocycles. The highest BCUT2D eigenvalue weighted by Gasteiger charge is 2.48. The lowest BCUT2D eigenvalue weighted by Gasteiger charge is -2.45. The second-order valence-corrected chi connectivity index (χ2v) is 6.00. The van der Waals surface area contributed by atoms with E-state index >= 15 is 0 Å². The molecular formula is C13H12BrFN4O3. The van der Waals surface area contributed by atoms with Crippen LogP contribution < -0.4 is 16.0 Å². The molecule has 0 spiro atoms. The maximum Gasteiger partial charge on any atom is 0.325 e.